The number of benzene rings is 2. The van der Waals surface area contributed by atoms with E-state index in [0.717, 1.165) is 0 Å². The van der Waals surface area contributed by atoms with Crippen LogP contribution < -0.4 is 16.2 Å². The predicted octanol–water partition coefficient (Wildman–Crippen LogP) is 3.23. The van der Waals surface area contributed by atoms with E-state index < -0.39 is 0 Å². The third-order valence-corrected chi connectivity index (χ3v) is 3.15. The molecule has 0 unspecified atom stereocenters. The molecule has 0 amide bonds. The number of hydrogen-bond donors (Lipinski definition) is 2. The zero-order valence-electron chi connectivity index (χ0n) is 11.5. The van der Waals surface area contributed by atoms with Gasteiger partial charge in [0.15, 0.2) is 0 Å². The van der Waals surface area contributed by atoms with Crippen molar-refractivity contribution in [3.05, 3.63) is 48.0 Å². The van der Waals surface area contributed by atoms with Crippen molar-refractivity contribution in [2.45, 2.75) is 4.90 Å². The van der Waals surface area contributed by atoms with E-state index in [-0.39, 0.29) is 0 Å². The number of ether oxygens (including phenoxy) is 1. The fourth-order valence-corrected chi connectivity index (χ4v) is 1.90. The third kappa shape index (κ3) is 4.19. The molecule has 5 heteroatoms. The Balaban J connectivity index is 0.000000956. The average Bonchev–Trinajstić information content (AvgIpc) is 2.51. The van der Waals surface area contributed by atoms with Crippen molar-refractivity contribution in [2.24, 2.45) is 5.73 Å². The van der Waals surface area contributed by atoms with Gasteiger partial charge in [0.25, 0.3) is 0 Å². The topological polar surface area (TPSA) is 85.1 Å². The molecule has 0 saturated carbocycles. The maximum atomic E-state index is 9.01. The molecule has 0 spiro atoms. The van der Waals surface area contributed by atoms with Gasteiger partial charge in [0.1, 0.15) is 17.6 Å². The fourth-order valence-electron chi connectivity index (χ4n) is 1.49. The van der Waals surface area contributed by atoms with Gasteiger partial charge in [-0.1, -0.05) is 0 Å². The van der Waals surface area contributed by atoms with E-state index in [9.17, 15) is 0 Å². The lowest BCUT2D eigenvalue weighted by Crippen LogP contribution is -1.91. The number of rotatable bonds is 3. The van der Waals surface area contributed by atoms with Crippen LogP contribution in [0, 0.1) is 11.3 Å². The van der Waals surface area contributed by atoms with Crippen molar-refractivity contribution in [3.8, 4) is 17.6 Å². The molecule has 0 aliphatic rings. The van der Waals surface area contributed by atoms with Crippen LogP contribution in [0.4, 0.5) is 5.69 Å². The summed E-state index contributed by atoms with van der Waals surface area (Å²) in [4.78, 5) is 1.17. The molecule has 2 aromatic carbocycles. The quantitative estimate of drug-likeness (QED) is 0.668. The molecular formula is C15H17N3OS. The van der Waals surface area contributed by atoms with E-state index in [1.807, 2.05) is 30.5 Å². The van der Waals surface area contributed by atoms with Crippen molar-refractivity contribution in [1.29, 1.82) is 5.26 Å². The van der Waals surface area contributed by atoms with Crippen LogP contribution in [0.2, 0.25) is 0 Å². The first-order chi connectivity index (χ1) is 9.72. The van der Waals surface area contributed by atoms with E-state index in [1.54, 1.807) is 30.0 Å². The van der Waals surface area contributed by atoms with Crippen LogP contribution in [0.25, 0.3) is 0 Å². The Morgan fingerprint density at radius 2 is 1.75 bits per heavy atom. The summed E-state index contributed by atoms with van der Waals surface area (Å²) in [7, 11) is 1.50. The zero-order chi connectivity index (χ0) is 15.0. The monoisotopic (exact) mass is 287 g/mol. The summed E-state index contributed by atoms with van der Waals surface area (Å²) in [5, 5.41) is 9.01. The molecule has 4 nitrogen and oxygen atoms in total. The first kappa shape index (κ1) is 15.9. The smallest absolute Gasteiger partial charge is 0.145 e. The normalized spacial score (nSPS) is 9.10. The molecule has 104 valence electrons. The highest BCUT2D eigenvalue weighted by Crippen LogP contribution is 2.27. The molecule has 0 atom stereocenters. The van der Waals surface area contributed by atoms with Gasteiger partial charge in [0.2, 0.25) is 0 Å². The minimum atomic E-state index is 0.434. The number of thioether (sulfide) groups is 1. The van der Waals surface area contributed by atoms with Crippen LogP contribution in [-0.2, 0) is 0 Å². The van der Waals surface area contributed by atoms with Gasteiger partial charge < -0.3 is 16.2 Å². The fraction of sp³-hybridized carbons (Fsp3) is 0.133. The molecule has 2 rings (SSSR count). The van der Waals surface area contributed by atoms with E-state index in [4.69, 9.17) is 15.7 Å². The molecule has 4 N–H and O–H groups in total. The van der Waals surface area contributed by atoms with Gasteiger partial charge in [-0.15, -0.1) is 11.8 Å². The van der Waals surface area contributed by atoms with Gasteiger partial charge in [-0.05, 0) is 55.8 Å². The van der Waals surface area contributed by atoms with Gasteiger partial charge in [-0.25, -0.2) is 0 Å². The Kier molecular flexibility index (Phi) is 6.44. The molecule has 0 aromatic heterocycles. The van der Waals surface area contributed by atoms with Gasteiger partial charge >= 0.3 is 0 Å². The molecule has 0 radical (unpaired) electrons. The molecule has 0 saturated heterocycles. The van der Waals surface area contributed by atoms with Crippen LogP contribution in [0.15, 0.2) is 47.4 Å². The number of nitrogen functional groups attached to an aromatic ring is 1. The summed E-state index contributed by atoms with van der Waals surface area (Å²) in [6.07, 6.45) is 2.02. The Labute approximate surface area is 123 Å². The van der Waals surface area contributed by atoms with E-state index in [2.05, 4.69) is 11.8 Å². The van der Waals surface area contributed by atoms with Crippen LogP contribution in [0.1, 0.15) is 5.56 Å². The maximum absolute atomic E-state index is 9.01. The Hall–Kier alpha value is -2.16. The van der Waals surface area contributed by atoms with Crippen LogP contribution in [0.5, 0.6) is 11.5 Å². The number of nitriles is 1. The number of anilines is 1. The lowest BCUT2D eigenvalue weighted by molar-refractivity contribution is 0.481. The highest BCUT2D eigenvalue weighted by molar-refractivity contribution is 7.98. The Morgan fingerprint density at radius 3 is 2.30 bits per heavy atom. The van der Waals surface area contributed by atoms with Gasteiger partial charge in [0.05, 0.1) is 5.56 Å². The van der Waals surface area contributed by atoms with E-state index in [1.165, 1.54) is 11.9 Å². The molecule has 20 heavy (non-hydrogen) atoms. The van der Waals surface area contributed by atoms with Crippen molar-refractivity contribution in [3.63, 3.8) is 0 Å². The van der Waals surface area contributed by atoms with Gasteiger partial charge in [-0.2, -0.15) is 5.26 Å². The summed E-state index contributed by atoms with van der Waals surface area (Å²) >= 11 is 1.67. The highest BCUT2D eigenvalue weighted by atomic mass is 32.2. The molecule has 0 aliphatic carbocycles. The Bertz CT molecular complexity index is 591. The number of nitrogens with zero attached hydrogens (tertiary/aromatic N) is 1. The number of hydrogen-bond acceptors (Lipinski definition) is 5. The first-order valence-corrected chi connectivity index (χ1v) is 7.14. The second-order valence-corrected chi connectivity index (χ2v) is 4.52. The van der Waals surface area contributed by atoms with Gasteiger partial charge in [-0.3, -0.25) is 0 Å². The predicted molar refractivity (Wildman–Crippen MR) is 84.0 cm³/mol. The second-order valence-electron chi connectivity index (χ2n) is 3.64. The standard InChI is InChI=1S/C14H12N2OS.CH5N/c1-18-13-5-3-12(4-6-13)17-14-7-2-11(16)8-10(14)9-15;1-2/h2-8H,16H2,1H3;2H2,1H3. The average molecular weight is 287 g/mol. The second kappa shape index (κ2) is 8.10. The molecular weight excluding hydrogens is 270 g/mol. The number of nitrogens with two attached hydrogens (primary N) is 2. The van der Waals surface area contributed by atoms with Crippen LogP contribution in [-0.4, -0.2) is 13.3 Å². The Morgan fingerprint density at radius 1 is 1.10 bits per heavy atom. The summed E-state index contributed by atoms with van der Waals surface area (Å²) in [5.74, 6) is 1.22. The maximum Gasteiger partial charge on any atom is 0.145 e. The molecule has 0 heterocycles. The van der Waals surface area contributed by atoms with Crippen LogP contribution >= 0.6 is 11.8 Å². The summed E-state index contributed by atoms with van der Waals surface area (Å²) in [6.45, 7) is 0. The molecule has 2 aromatic rings. The van der Waals surface area contributed by atoms with Crippen molar-refractivity contribution in [2.75, 3.05) is 19.0 Å². The lowest BCUT2D eigenvalue weighted by atomic mass is 10.2. The van der Waals surface area contributed by atoms with E-state index >= 15 is 0 Å². The van der Waals surface area contributed by atoms with Crippen molar-refractivity contribution >= 4 is 17.4 Å². The van der Waals surface area contributed by atoms with Gasteiger partial charge in [0, 0.05) is 10.6 Å². The van der Waals surface area contributed by atoms with Crippen molar-refractivity contribution in [1.82, 2.24) is 0 Å². The minimum Gasteiger partial charge on any atom is -0.456 e. The minimum absolute atomic E-state index is 0.434. The summed E-state index contributed by atoms with van der Waals surface area (Å²) in [5.41, 5.74) is 11.1. The molecule has 0 bridgehead atoms. The van der Waals surface area contributed by atoms with Crippen LogP contribution in [0.3, 0.4) is 0 Å². The largest absolute Gasteiger partial charge is 0.456 e. The first-order valence-electron chi connectivity index (χ1n) is 5.92. The lowest BCUT2D eigenvalue weighted by Gasteiger charge is -2.08. The SMILES string of the molecule is CN.CSc1ccc(Oc2ccc(N)cc2C#N)cc1. The van der Waals surface area contributed by atoms with Crippen molar-refractivity contribution < 1.29 is 4.74 Å². The molecule has 0 aliphatic heterocycles. The zero-order valence-corrected chi connectivity index (χ0v) is 12.3. The summed E-state index contributed by atoms with van der Waals surface area (Å²) in [6, 6.07) is 14.8. The van der Waals surface area contributed by atoms with E-state index in [0.29, 0.717) is 22.7 Å². The highest BCUT2D eigenvalue weighted by Gasteiger charge is 2.05. The third-order valence-electron chi connectivity index (χ3n) is 2.41. The summed E-state index contributed by atoms with van der Waals surface area (Å²) < 4.78 is 5.67. The molecule has 0 fully saturated rings.